The van der Waals surface area contributed by atoms with E-state index < -0.39 is 0 Å². The first-order valence-electron chi connectivity index (χ1n) is 6.71. The maximum Gasteiger partial charge on any atom is 0.141 e. The summed E-state index contributed by atoms with van der Waals surface area (Å²) in [7, 11) is 0. The van der Waals surface area contributed by atoms with Gasteiger partial charge in [-0.25, -0.2) is 4.39 Å². The van der Waals surface area contributed by atoms with Crippen molar-refractivity contribution in [1.82, 2.24) is 10.3 Å². The summed E-state index contributed by atoms with van der Waals surface area (Å²) in [5.74, 6) is -0.385. The minimum absolute atomic E-state index is 0.0985. The summed E-state index contributed by atoms with van der Waals surface area (Å²) in [6.07, 6.45) is 0.726. The third-order valence-corrected chi connectivity index (χ3v) is 3.43. The number of hydrogen-bond donors (Lipinski definition) is 1. The van der Waals surface area contributed by atoms with Crippen molar-refractivity contribution in [3.63, 3.8) is 0 Å². The van der Waals surface area contributed by atoms with Crippen LogP contribution in [0.1, 0.15) is 29.9 Å². The zero-order valence-electron chi connectivity index (χ0n) is 11.7. The van der Waals surface area contributed by atoms with Crippen LogP contribution in [0.5, 0.6) is 0 Å². The number of aromatic nitrogens is 1. The van der Waals surface area contributed by atoms with Crippen LogP contribution in [-0.4, -0.2) is 11.5 Å². The van der Waals surface area contributed by atoms with E-state index in [0.29, 0.717) is 0 Å². The average molecular weight is 293 g/mol. The van der Waals surface area contributed by atoms with Crippen molar-refractivity contribution in [2.45, 2.75) is 26.3 Å². The van der Waals surface area contributed by atoms with E-state index in [1.807, 2.05) is 25.1 Å². The van der Waals surface area contributed by atoms with Crippen molar-refractivity contribution >= 4 is 11.6 Å². The Bertz CT molecular complexity index is 586. The fourth-order valence-electron chi connectivity index (χ4n) is 2.19. The highest BCUT2D eigenvalue weighted by Gasteiger charge is 2.13. The van der Waals surface area contributed by atoms with Crippen molar-refractivity contribution in [2.24, 2.45) is 0 Å². The van der Waals surface area contributed by atoms with Gasteiger partial charge < -0.3 is 5.32 Å². The third kappa shape index (κ3) is 3.78. The fourth-order valence-corrected chi connectivity index (χ4v) is 2.39. The number of halogens is 2. The van der Waals surface area contributed by atoms with Gasteiger partial charge in [-0.3, -0.25) is 4.98 Å². The summed E-state index contributed by atoms with van der Waals surface area (Å²) in [4.78, 5) is 4.56. The lowest BCUT2D eigenvalue weighted by Gasteiger charge is -2.18. The predicted molar refractivity (Wildman–Crippen MR) is 80.5 cm³/mol. The third-order valence-electron chi connectivity index (χ3n) is 3.14. The summed E-state index contributed by atoms with van der Waals surface area (Å²) in [6.45, 7) is 4.87. The van der Waals surface area contributed by atoms with Crippen molar-refractivity contribution in [3.8, 4) is 0 Å². The highest BCUT2D eigenvalue weighted by Crippen LogP contribution is 2.21. The van der Waals surface area contributed by atoms with Crippen molar-refractivity contribution in [2.75, 3.05) is 6.54 Å². The molecule has 0 spiro atoms. The molecule has 0 aliphatic rings. The second kappa shape index (κ2) is 6.82. The lowest BCUT2D eigenvalue weighted by Crippen LogP contribution is -2.24. The minimum Gasteiger partial charge on any atom is -0.309 e. The second-order valence-electron chi connectivity index (χ2n) is 4.77. The van der Waals surface area contributed by atoms with Gasteiger partial charge in [-0.15, -0.1) is 0 Å². The minimum atomic E-state index is -0.385. The summed E-state index contributed by atoms with van der Waals surface area (Å²) >= 11 is 5.83. The molecule has 1 unspecified atom stereocenters. The normalized spacial score (nSPS) is 12.4. The summed E-state index contributed by atoms with van der Waals surface area (Å²) in [6, 6.07) is 10.9. The van der Waals surface area contributed by atoms with Crippen molar-refractivity contribution < 1.29 is 4.39 Å². The molecule has 2 nitrogen and oxygen atoms in total. The Morgan fingerprint density at radius 2 is 2.10 bits per heavy atom. The summed E-state index contributed by atoms with van der Waals surface area (Å²) in [5.41, 5.74) is 2.97. The Morgan fingerprint density at radius 1 is 1.30 bits per heavy atom. The molecule has 0 fully saturated rings. The number of benzene rings is 1. The van der Waals surface area contributed by atoms with Crippen LogP contribution in [0.25, 0.3) is 0 Å². The van der Waals surface area contributed by atoms with Crippen LogP contribution in [0.15, 0.2) is 36.4 Å². The fraction of sp³-hybridized carbons (Fsp3) is 0.312. The highest BCUT2D eigenvalue weighted by molar-refractivity contribution is 6.30. The van der Waals surface area contributed by atoms with Crippen molar-refractivity contribution in [3.05, 3.63) is 64.2 Å². The maximum atomic E-state index is 13.2. The standard InChI is InChI=1S/C16H18ClFN2/c1-3-19-16(15-6-4-5-11(2)20-15)10-12-7-8-14(18)13(17)9-12/h4-9,16,19H,3,10H2,1-2H3. The van der Waals surface area contributed by atoms with E-state index in [2.05, 4.69) is 17.2 Å². The van der Waals surface area contributed by atoms with Crippen molar-refractivity contribution in [1.29, 1.82) is 0 Å². The molecule has 106 valence electrons. The van der Waals surface area contributed by atoms with Gasteiger partial charge in [0.05, 0.1) is 16.8 Å². The number of rotatable bonds is 5. The Hall–Kier alpha value is -1.45. The molecule has 0 aliphatic carbocycles. The van der Waals surface area contributed by atoms with E-state index in [4.69, 9.17) is 11.6 Å². The average Bonchev–Trinajstić information content (AvgIpc) is 2.42. The maximum absolute atomic E-state index is 13.2. The van der Waals surface area contributed by atoms with Gasteiger partial charge in [0.2, 0.25) is 0 Å². The number of nitrogens with zero attached hydrogens (tertiary/aromatic N) is 1. The molecule has 20 heavy (non-hydrogen) atoms. The van der Waals surface area contributed by atoms with Crippen LogP contribution in [0.2, 0.25) is 5.02 Å². The molecule has 4 heteroatoms. The Morgan fingerprint density at radius 3 is 2.75 bits per heavy atom. The molecular weight excluding hydrogens is 275 g/mol. The molecule has 2 rings (SSSR count). The highest BCUT2D eigenvalue weighted by atomic mass is 35.5. The molecule has 0 bridgehead atoms. The van der Waals surface area contributed by atoms with E-state index in [1.165, 1.54) is 6.07 Å². The molecule has 0 radical (unpaired) electrons. The van der Waals surface area contributed by atoms with Gasteiger partial charge in [-0.2, -0.15) is 0 Å². The first-order valence-corrected chi connectivity index (χ1v) is 7.09. The number of nitrogens with one attached hydrogen (secondary N) is 1. The summed E-state index contributed by atoms with van der Waals surface area (Å²) < 4.78 is 13.2. The van der Waals surface area contributed by atoms with Gasteiger partial charge in [0.25, 0.3) is 0 Å². The van der Waals surface area contributed by atoms with Crippen LogP contribution >= 0.6 is 11.6 Å². The molecular formula is C16H18ClFN2. The van der Waals surface area contributed by atoms with Crippen LogP contribution in [-0.2, 0) is 6.42 Å². The molecule has 1 heterocycles. The van der Waals surface area contributed by atoms with E-state index in [-0.39, 0.29) is 16.9 Å². The van der Waals surface area contributed by atoms with Crippen LogP contribution in [0.4, 0.5) is 4.39 Å². The molecule has 1 N–H and O–H groups in total. The molecule has 1 aromatic heterocycles. The largest absolute Gasteiger partial charge is 0.309 e. The Balaban J connectivity index is 2.22. The number of pyridine rings is 1. The molecule has 0 aliphatic heterocycles. The van der Waals surface area contributed by atoms with Gasteiger partial charge in [0.15, 0.2) is 0 Å². The zero-order chi connectivity index (χ0) is 14.5. The lowest BCUT2D eigenvalue weighted by atomic mass is 10.0. The first kappa shape index (κ1) is 14.9. The summed E-state index contributed by atoms with van der Waals surface area (Å²) in [5, 5.41) is 3.57. The molecule has 2 aromatic rings. The van der Waals surface area contributed by atoms with Crippen LogP contribution < -0.4 is 5.32 Å². The Labute approximate surface area is 124 Å². The Kier molecular flexibility index (Phi) is 5.10. The van der Waals surface area contributed by atoms with E-state index in [0.717, 1.165) is 29.9 Å². The number of likely N-dealkylation sites (N-methyl/N-ethyl adjacent to an activating group) is 1. The monoisotopic (exact) mass is 292 g/mol. The van der Waals surface area contributed by atoms with Crippen LogP contribution in [0.3, 0.4) is 0 Å². The number of aryl methyl sites for hydroxylation is 1. The van der Waals surface area contributed by atoms with E-state index >= 15 is 0 Å². The second-order valence-corrected chi connectivity index (χ2v) is 5.17. The molecule has 0 saturated carbocycles. The smallest absolute Gasteiger partial charge is 0.141 e. The van der Waals surface area contributed by atoms with E-state index in [1.54, 1.807) is 12.1 Å². The molecule has 0 saturated heterocycles. The predicted octanol–water partition coefficient (Wildman–Crippen LogP) is 4.08. The molecule has 1 atom stereocenters. The number of hydrogen-bond acceptors (Lipinski definition) is 2. The molecule has 0 amide bonds. The van der Waals surface area contributed by atoms with E-state index in [9.17, 15) is 4.39 Å². The molecule has 1 aromatic carbocycles. The topological polar surface area (TPSA) is 24.9 Å². The van der Waals surface area contributed by atoms with Gasteiger partial charge >= 0.3 is 0 Å². The van der Waals surface area contributed by atoms with Gasteiger partial charge in [-0.1, -0.05) is 30.7 Å². The van der Waals surface area contributed by atoms with Gasteiger partial charge in [0, 0.05) is 5.69 Å². The quantitative estimate of drug-likeness (QED) is 0.898. The first-order chi connectivity index (χ1) is 9.60. The van der Waals surface area contributed by atoms with Crippen LogP contribution in [0, 0.1) is 12.7 Å². The zero-order valence-corrected chi connectivity index (χ0v) is 12.4. The SMILES string of the molecule is CCNC(Cc1ccc(F)c(Cl)c1)c1cccc(C)n1. The van der Waals surface area contributed by atoms with Gasteiger partial charge in [-0.05, 0) is 49.7 Å². The van der Waals surface area contributed by atoms with Gasteiger partial charge in [0.1, 0.15) is 5.82 Å². The lowest BCUT2D eigenvalue weighted by molar-refractivity contribution is 0.535.